The number of hydrogen-bond donors (Lipinski definition) is 0. The molecule has 0 unspecified atom stereocenters. The van der Waals surface area contributed by atoms with Crippen LogP contribution in [-0.2, 0) is 14.8 Å². The van der Waals surface area contributed by atoms with Gasteiger partial charge in [0.05, 0.1) is 4.90 Å². The van der Waals surface area contributed by atoms with Gasteiger partial charge in [-0.05, 0) is 30.0 Å². The zero-order valence-electron chi connectivity index (χ0n) is 18.2. The first-order valence-electron chi connectivity index (χ1n) is 10.8. The number of rotatable bonds is 8. The monoisotopic (exact) mass is 442 g/mol. The van der Waals surface area contributed by atoms with E-state index in [0.29, 0.717) is 24.6 Å². The smallest absolute Gasteiger partial charge is 0.243 e. The number of hydrogen-bond acceptors (Lipinski definition) is 4. The van der Waals surface area contributed by atoms with Crippen LogP contribution in [0.3, 0.4) is 0 Å². The fraction of sp³-hybridized carbons (Fsp3) is 0.417. The molecule has 3 rings (SSSR count). The van der Waals surface area contributed by atoms with Crippen molar-refractivity contribution in [2.45, 2.75) is 43.9 Å². The Bertz CT molecular complexity index is 996. The zero-order chi connectivity index (χ0) is 22.4. The number of piperazine rings is 1. The molecule has 0 radical (unpaired) electrons. The molecule has 0 spiro atoms. The molecule has 7 heteroatoms. The van der Waals surface area contributed by atoms with Crippen molar-refractivity contribution in [3.05, 3.63) is 65.7 Å². The van der Waals surface area contributed by atoms with Crippen molar-refractivity contribution in [3.63, 3.8) is 0 Å². The number of Topliss-reactive ketones (excluding diaryl/α,β-unsaturated/α-hetero) is 1. The van der Waals surface area contributed by atoms with E-state index in [2.05, 4.69) is 13.8 Å². The molecule has 1 heterocycles. The van der Waals surface area contributed by atoms with E-state index in [1.165, 1.54) is 4.31 Å². The summed E-state index contributed by atoms with van der Waals surface area (Å²) in [5.74, 6) is 0.218. The van der Waals surface area contributed by atoms with Gasteiger partial charge in [0.1, 0.15) is 0 Å². The lowest BCUT2D eigenvalue weighted by Crippen LogP contribution is -2.50. The Balaban J connectivity index is 1.53. The summed E-state index contributed by atoms with van der Waals surface area (Å²) in [5.41, 5.74) is 1.73. The van der Waals surface area contributed by atoms with Crippen molar-refractivity contribution in [2.24, 2.45) is 0 Å². The van der Waals surface area contributed by atoms with Gasteiger partial charge < -0.3 is 4.90 Å². The molecule has 1 aliphatic heterocycles. The second-order valence-corrected chi connectivity index (χ2v) is 9.89. The van der Waals surface area contributed by atoms with E-state index in [1.807, 2.05) is 18.2 Å². The fourth-order valence-electron chi connectivity index (χ4n) is 3.68. The summed E-state index contributed by atoms with van der Waals surface area (Å²) in [4.78, 5) is 26.6. The molecule has 0 saturated carbocycles. The molecule has 0 aliphatic carbocycles. The first kappa shape index (κ1) is 23.2. The summed E-state index contributed by atoms with van der Waals surface area (Å²) in [6, 6.07) is 16.0. The van der Waals surface area contributed by atoms with Crippen molar-refractivity contribution >= 4 is 21.7 Å². The maximum absolute atomic E-state index is 13.0. The van der Waals surface area contributed by atoms with Crippen molar-refractivity contribution in [3.8, 4) is 0 Å². The Hall–Kier alpha value is -2.51. The molecule has 1 fully saturated rings. The number of benzene rings is 2. The third-order valence-corrected chi connectivity index (χ3v) is 7.87. The highest BCUT2D eigenvalue weighted by Crippen LogP contribution is 2.23. The second-order valence-electron chi connectivity index (χ2n) is 7.95. The molecule has 2 aromatic rings. The minimum absolute atomic E-state index is 0.0593. The summed E-state index contributed by atoms with van der Waals surface area (Å²) in [5, 5.41) is 0. The molecular formula is C24H30N2O4S. The van der Waals surface area contributed by atoms with Crippen molar-refractivity contribution in [1.29, 1.82) is 0 Å². The van der Waals surface area contributed by atoms with E-state index >= 15 is 0 Å². The third-order valence-electron chi connectivity index (χ3n) is 5.95. The molecule has 1 amide bonds. The molecule has 2 aromatic carbocycles. The third kappa shape index (κ3) is 5.60. The van der Waals surface area contributed by atoms with Crippen molar-refractivity contribution in [1.82, 2.24) is 9.21 Å². The molecule has 1 aliphatic rings. The van der Waals surface area contributed by atoms with Gasteiger partial charge in [0.2, 0.25) is 15.9 Å². The van der Waals surface area contributed by atoms with Crippen LogP contribution in [0.2, 0.25) is 0 Å². The van der Waals surface area contributed by atoms with Crippen LogP contribution >= 0.6 is 0 Å². The number of nitrogens with zero attached hydrogens (tertiary/aromatic N) is 2. The molecule has 31 heavy (non-hydrogen) atoms. The predicted molar refractivity (Wildman–Crippen MR) is 120 cm³/mol. The Kier molecular flexibility index (Phi) is 7.62. The standard InChI is InChI=1S/C24H30N2O4S/c1-3-19(2)20-9-11-22(12-10-20)31(29,30)26-17-15-25(16-18-26)24(28)14-13-23(27)21-7-5-4-6-8-21/h4-12,19H,3,13-18H2,1-2H3/t19-/m1/s1. The molecule has 6 nitrogen and oxygen atoms in total. The van der Waals surface area contributed by atoms with Gasteiger partial charge in [-0.25, -0.2) is 8.42 Å². The van der Waals surface area contributed by atoms with Gasteiger partial charge in [-0.2, -0.15) is 4.31 Å². The van der Waals surface area contributed by atoms with E-state index in [0.717, 1.165) is 12.0 Å². The topological polar surface area (TPSA) is 74.8 Å². The fourth-order valence-corrected chi connectivity index (χ4v) is 5.10. The van der Waals surface area contributed by atoms with Crippen molar-refractivity contribution < 1.29 is 18.0 Å². The van der Waals surface area contributed by atoms with Crippen LogP contribution in [0.4, 0.5) is 0 Å². The molecule has 1 saturated heterocycles. The number of ketones is 1. The normalized spacial score (nSPS) is 16.1. The SMILES string of the molecule is CC[C@@H](C)c1ccc(S(=O)(=O)N2CCN(C(=O)CCC(=O)c3ccccc3)CC2)cc1. The van der Waals surface area contributed by atoms with E-state index in [-0.39, 0.29) is 42.5 Å². The van der Waals surface area contributed by atoms with Gasteiger partial charge in [0.25, 0.3) is 0 Å². The van der Waals surface area contributed by atoms with Crippen LogP contribution in [0.25, 0.3) is 0 Å². The summed E-state index contributed by atoms with van der Waals surface area (Å²) < 4.78 is 27.4. The molecule has 0 bridgehead atoms. The first-order chi connectivity index (χ1) is 14.8. The Labute approximate surface area is 184 Å². The van der Waals surface area contributed by atoms with Crippen molar-refractivity contribution in [2.75, 3.05) is 26.2 Å². The minimum atomic E-state index is -3.58. The largest absolute Gasteiger partial charge is 0.340 e. The molecule has 0 N–H and O–H groups in total. The summed E-state index contributed by atoms with van der Waals surface area (Å²) in [6.45, 7) is 5.41. The highest BCUT2D eigenvalue weighted by Gasteiger charge is 2.30. The lowest BCUT2D eigenvalue weighted by Gasteiger charge is -2.34. The highest BCUT2D eigenvalue weighted by atomic mass is 32.2. The Morgan fingerprint density at radius 1 is 0.903 bits per heavy atom. The van der Waals surface area contributed by atoms with E-state index in [4.69, 9.17) is 0 Å². The van der Waals surface area contributed by atoms with Crippen LogP contribution in [0.1, 0.15) is 54.9 Å². The summed E-state index contributed by atoms with van der Waals surface area (Å²) in [6.07, 6.45) is 1.29. The van der Waals surface area contributed by atoms with Crippen LogP contribution < -0.4 is 0 Å². The predicted octanol–water partition coefficient (Wildman–Crippen LogP) is 3.70. The van der Waals surface area contributed by atoms with Crippen LogP contribution in [0.15, 0.2) is 59.5 Å². The average Bonchev–Trinajstić information content (AvgIpc) is 2.82. The maximum atomic E-state index is 13.0. The quantitative estimate of drug-likeness (QED) is 0.584. The summed E-state index contributed by atoms with van der Waals surface area (Å²) >= 11 is 0. The van der Waals surface area contributed by atoms with Gasteiger partial charge in [-0.15, -0.1) is 0 Å². The average molecular weight is 443 g/mol. The first-order valence-corrected chi connectivity index (χ1v) is 12.2. The van der Waals surface area contributed by atoms with E-state index in [9.17, 15) is 18.0 Å². The molecule has 166 valence electrons. The number of sulfonamides is 1. The number of carbonyl (C=O) groups excluding carboxylic acids is 2. The lowest BCUT2D eigenvalue weighted by atomic mass is 9.99. The zero-order valence-corrected chi connectivity index (χ0v) is 19.0. The maximum Gasteiger partial charge on any atom is 0.243 e. The Morgan fingerprint density at radius 3 is 2.10 bits per heavy atom. The Morgan fingerprint density at radius 2 is 1.52 bits per heavy atom. The van der Waals surface area contributed by atoms with E-state index in [1.54, 1.807) is 41.3 Å². The lowest BCUT2D eigenvalue weighted by molar-refractivity contribution is -0.132. The van der Waals surface area contributed by atoms with Crippen LogP contribution in [0.5, 0.6) is 0 Å². The molecular weight excluding hydrogens is 412 g/mol. The van der Waals surface area contributed by atoms with Gasteiger partial charge in [-0.3, -0.25) is 9.59 Å². The van der Waals surface area contributed by atoms with Gasteiger partial charge in [-0.1, -0.05) is 56.3 Å². The molecule has 0 aromatic heterocycles. The van der Waals surface area contributed by atoms with Gasteiger partial charge in [0.15, 0.2) is 5.78 Å². The second kappa shape index (κ2) is 10.2. The van der Waals surface area contributed by atoms with Gasteiger partial charge in [0, 0.05) is 44.6 Å². The van der Waals surface area contributed by atoms with E-state index < -0.39 is 10.0 Å². The van der Waals surface area contributed by atoms with Gasteiger partial charge >= 0.3 is 0 Å². The summed E-state index contributed by atoms with van der Waals surface area (Å²) in [7, 11) is -3.58. The van der Waals surface area contributed by atoms with Crippen LogP contribution in [0, 0.1) is 0 Å². The number of carbonyl (C=O) groups is 2. The number of amides is 1. The highest BCUT2D eigenvalue weighted by molar-refractivity contribution is 7.89. The molecule has 1 atom stereocenters. The van der Waals surface area contributed by atoms with Crippen LogP contribution in [-0.4, -0.2) is 55.5 Å². The minimum Gasteiger partial charge on any atom is -0.340 e.